The number of rotatable bonds is 10. The number of ether oxygens (including phenoxy) is 1. The van der Waals surface area contributed by atoms with Crippen LogP contribution in [0.15, 0.2) is 36.9 Å². The molecule has 1 aliphatic rings. The average molecular weight is 731 g/mol. The van der Waals surface area contributed by atoms with E-state index in [1.807, 2.05) is 20.8 Å². The van der Waals surface area contributed by atoms with Gasteiger partial charge in [-0.1, -0.05) is 102 Å². The van der Waals surface area contributed by atoms with Gasteiger partial charge >= 0.3 is 0 Å². The molecule has 1 aromatic carbocycles. The van der Waals surface area contributed by atoms with Crippen LogP contribution in [0.3, 0.4) is 0 Å². The summed E-state index contributed by atoms with van der Waals surface area (Å²) in [6.07, 6.45) is 0.917. The number of benzene rings is 1. The number of aromatic nitrogens is 3. The molecule has 3 rings (SSSR count). The van der Waals surface area contributed by atoms with Gasteiger partial charge in [-0.2, -0.15) is 5.10 Å². The second kappa shape index (κ2) is 16.4. The number of carbonyl (C=O) groups is 2. The summed E-state index contributed by atoms with van der Waals surface area (Å²) >= 11 is 41.0. The normalized spacial score (nSPS) is 18.1. The summed E-state index contributed by atoms with van der Waals surface area (Å²) in [4.78, 5) is 28.8. The monoisotopic (exact) mass is 727 g/mol. The molecule has 0 aliphatic carbocycles. The topological polar surface area (TPSA) is 125 Å². The number of aliphatic hydroxyl groups is 1. The number of nitrogens with zero attached hydrogens (tertiary/aromatic N) is 5. The third-order valence-electron chi connectivity index (χ3n) is 6.08. The summed E-state index contributed by atoms with van der Waals surface area (Å²) in [5.41, 5.74) is -0.358. The van der Waals surface area contributed by atoms with E-state index in [2.05, 4.69) is 20.7 Å². The molecular weight excluding hydrogens is 698 g/mol. The van der Waals surface area contributed by atoms with Crippen molar-refractivity contribution in [1.82, 2.24) is 35.2 Å². The van der Waals surface area contributed by atoms with Crippen molar-refractivity contribution >= 4 is 94.0 Å². The van der Waals surface area contributed by atoms with E-state index in [1.54, 1.807) is 34.1 Å². The summed E-state index contributed by atoms with van der Waals surface area (Å²) < 4.78 is 3.99. The van der Waals surface area contributed by atoms with Crippen molar-refractivity contribution < 1.29 is 19.4 Å². The second-order valence-electron chi connectivity index (χ2n) is 10.2. The van der Waals surface area contributed by atoms with Gasteiger partial charge in [0.25, 0.3) is 0 Å². The molecule has 2 heterocycles. The lowest BCUT2D eigenvalue weighted by Gasteiger charge is -2.44. The quantitative estimate of drug-likeness (QED) is 0.243. The van der Waals surface area contributed by atoms with Gasteiger partial charge in [0, 0.05) is 31.2 Å². The smallest absolute Gasteiger partial charge is 0.223 e. The molecule has 42 heavy (non-hydrogen) atoms. The first-order chi connectivity index (χ1) is 19.5. The Hall–Kier alpha value is -0.990. The Morgan fingerprint density at radius 1 is 0.881 bits per heavy atom. The van der Waals surface area contributed by atoms with Crippen molar-refractivity contribution in [3.63, 3.8) is 0 Å². The Morgan fingerprint density at radius 3 is 1.67 bits per heavy atom. The number of alkyl halides is 6. The van der Waals surface area contributed by atoms with Gasteiger partial charge in [0.1, 0.15) is 36.8 Å². The maximum absolute atomic E-state index is 10.7. The molecule has 1 saturated heterocycles. The zero-order chi connectivity index (χ0) is 31.7. The van der Waals surface area contributed by atoms with Crippen molar-refractivity contribution in [2.75, 3.05) is 26.2 Å². The average Bonchev–Trinajstić information content (AvgIpc) is 3.43. The molecule has 0 bridgehead atoms. The molecule has 1 aromatic heterocycles. The molecule has 18 heteroatoms. The lowest BCUT2D eigenvalue weighted by atomic mass is 9.88. The van der Waals surface area contributed by atoms with Gasteiger partial charge in [-0.05, 0) is 29.7 Å². The van der Waals surface area contributed by atoms with Crippen LogP contribution < -0.4 is 15.4 Å². The van der Waals surface area contributed by atoms with E-state index < -0.39 is 32.2 Å². The summed E-state index contributed by atoms with van der Waals surface area (Å²) in [5.74, 6) is 0.609. The van der Waals surface area contributed by atoms with E-state index in [0.29, 0.717) is 49.8 Å². The summed E-state index contributed by atoms with van der Waals surface area (Å²) in [7, 11) is 0. The highest BCUT2D eigenvalue weighted by Gasteiger charge is 2.42. The third-order valence-corrected chi connectivity index (χ3v) is 7.57. The van der Waals surface area contributed by atoms with E-state index in [1.165, 1.54) is 17.3 Å². The molecule has 0 saturated carbocycles. The third kappa shape index (κ3) is 11.5. The van der Waals surface area contributed by atoms with Gasteiger partial charge in [-0.25, -0.2) is 9.67 Å². The fourth-order valence-corrected chi connectivity index (χ4v) is 5.22. The molecule has 3 N–H and O–H groups in total. The van der Waals surface area contributed by atoms with E-state index in [4.69, 9.17) is 85.9 Å². The van der Waals surface area contributed by atoms with E-state index in [9.17, 15) is 14.7 Å². The Bertz CT molecular complexity index is 1050. The molecule has 1 fully saturated rings. The first kappa shape index (κ1) is 37.2. The predicted octanol–water partition coefficient (Wildman–Crippen LogP) is 4.40. The Balaban J connectivity index is 0.000000294. The zero-order valence-corrected chi connectivity index (χ0v) is 28.1. The molecule has 2 aromatic rings. The minimum Gasteiger partial charge on any atom is -0.466 e. The largest absolute Gasteiger partial charge is 0.466 e. The first-order valence-electron chi connectivity index (χ1n) is 12.4. The van der Waals surface area contributed by atoms with Crippen LogP contribution in [0.4, 0.5) is 0 Å². The molecule has 0 radical (unpaired) electrons. The van der Waals surface area contributed by atoms with E-state index in [-0.39, 0.29) is 5.41 Å². The zero-order valence-electron chi connectivity index (χ0n) is 22.8. The van der Waals surface area contributed by atoms with Gasteiger partial charge in [-0.3, -0.25) is 19.4 Å². The highest BCUT2D eigenvalue weighted by Crippen LogP contribution is 2.35. The number of aliphatic hydroxyl groups excluding tert-OH is 1. The van der Waals surface area contributed by atoms with Crippen molar-refractivity contribution in [3.05, 3.63) is 41.9 Å². The molecule has 4 atom stereocenters. The van der Waals surface area contributed by atoms with Gasteiger partial charge in [0.2, 0.25) is 26.6 Å². The van der Waals surface area contributed by atoms with Crippen LogP contribution in [0.2, 0.25) is 5.02 Å². The standard InChI is InChI=1S/C14H18ClN3O2.C10H14Cl6N4O2/c1-14(2,3)12(19)13(18-9-16-8-17-18)20-11-6-4-10(15)5-7-11;11-9(12,13)7(17-5-21)19-1-2-20(4-3-19)8(18-6-22)10(14,15)16/h4-9,12-13,19H,1-3H3;5-8H,1-4H2,(H,17,21)(H,18,22). The Morgan fingerprint density at radius 2 is 1.33 bits per heavy atom. The van der Waals surface area contributed by atoms with Gasteiger partial charge in [0.15, 0.2) is 0 Å². The minimum atomic E-state index is -1.68. The number of hydrogen-bond acceptors (Lipinski definition) is 8. The number of hydrogen-bond donors (Lipinski definition) is 3. The van der Waals surface area contributed by atoms with Crippen LogP contribution in [0.25, 0.3) is 0 Å². The highest BCUT2D eigenvalue weighted by molar-refractivity contribution is 6.68. The maximum atomic E-state index is 10.7. The summed E-state index contributed by atoms with van der Waals surface area (Å²) in [6.45, 7) is 7.58. The van der Waals surface area contributed by atoms with Crippen LogP contribution in [0.5, 0.6) is 5.75 Å². The molecule has 4 unspecified atom stereocenters. The van der Waals surface area contributed by atoms with Crippen LogP contribution >= 0.6 is 81.2 Å². The van der Waals surface area contributed by atoms with Gasteiger partial charge in [-0.15, -0.1) is 0 Å². The SMILES string of the molecule is CC(C)(C)C(O)C(Oc1ccc(Cl)cc1)n1cncn1.O=CNC(N1CCN(C(NC=O)C(Cl)(Cl)Cl)CC1)C(Cl)(Cl)Cl. The molecule has 1 aliphatic heterocycles. The lowest BCUT2D eigenvalue weighted by Crippen LogP contribution is -2.63. The summed E-state index contributed by atoms with van der Waals surface area (Å²) in [5, 5.41) is 20.1. The number of piperazine rings is 1. The summed E-state index contributed by atoms with van der Waals surface area (Å²) in [6, 6.07) is 6.97. The van der Waals surface area contributed by atoms with Crippen LogP contribution in [0, 0.1) is 5.41 Å². The predicted molar refractivity (Wildman–Crippen MR) is 166 cm³/mol. The van der Waals surface area contributed by atoms with E-state index >= 15 is 0 Å². The highest BCUT2D eigenvalue weighted by atomic mass is 35.6. The number of carbonyl (C=O) groups excluding carboxylic acids is 2. The van der Waals surface area contributed by atoms with Crippen molar-refractivity contribution in [2.24, 2.45) is 5.41 Å². The molecular formula is C24H32Cl7N7O4. The second-order valence-corrected chi connectivity index (χ2v) is 15.4. The Kier molecular flexibility index (Phi) is 14.5. The number of amides is 2. The Labute approximate surface area is 279 Å². The van der Waals surface area contributed by atoms with Crippen LogP contribution in [0.1, 0.15) is 27.0 Å². The first-order valence-corrected chi connectivity index (χ1v) is 15.1. The van der Waals surface area contributed by atoms with E-state index in [0.717, 1.165) is 0 Å². The van der Waals surface area contributed by atoms with Crippen molar-refractivity contribution in [2.45, 2.75) is 53.0 Å². The van der Waals surface area contributed by atoms with Crippen molar-refractivity contribution in [3.8, 4) is 5.75 Å². The number of nitrogens with one attached hydrogen (secondary N) is 2. The molecule has 0 spiro atoms. The van der Waals surface area contributed by atoms with Crippen LogP contribution in [-0.2, 0) is 9.59 Å². The van der Waals surface area contributed by atoms with Crippen molar-refractivity contribution in [1.29, 1.82) is 0 Å². The fourth-order valence-electron chi connectivity index (χ4n) is 3.89. The molecule has 2 amide bonds. The number of halogens is 7. The maximum Gasteiger partial charge on any atom is 0.223 e. The van der Waals surface area contributed by atoms with Gasteiger partial charge in [0.05, 0.1) is 0 Å². The van der Waals surface area contributed by atoms with Gasteiger partial charge < -0.3 is 20.5 Å². The minimum absolute atomic E-state index is 0.358. The molecule has 11 nitrogen and oxygen atoms in total. The fraction of sp³-hybridized carbons (Fsp3) is 0.583. The van der Waals surface area contributed by atoms with Crippen LogP contribution in [-0.4, -0.2) is 94.7 Å². The molecule has 236 valence electrons. The lowest BCUT2D eigenvalue weighted by molar-refractivity contribution is -0.113.